The van der Waals surface area contributed by atoms with Gasteiger partial charge in [0.1, 0.15) is 22.3 Å². The van der Waals surface area contributed by atoms with Gasteiger partial charge in [-0.1, -0.05) is 64.5 Å². The zero-order valence-electron chi connectivity index (χ0n) is 35.5. The van der Waals surface area contributed by atoms with Crippen LogP contribution in [0.1, 0.15) is 84.5 Å². The van der Waals surface area contributed by atoms with E-state index >= 15 is 0 Å². The number of rotatable bonds is 2. The highest BCUT2D eigenvalue weighted by Crippen LogP contribution is 2.43. The van der Waals surface area contributed by atoms with Crippen LogP contribution in [-0.2, 0) is 27.9 Å². The van der Waals surface area contributed by atoms with Gasteiger partial charge >= 0.3 is 21.1 Å². The molecule has 2 aromatic heterocycles. The third kappa shape index (κ3) is 7.98. The van der Waals surface area contributed by atoms with Gasteiger partial charge in [0.25, 0.3) is 0 Å². The van der Waals surface area contributed by atoms with E-state index in [1.807, 2.05) is 116 Å². The van der Waals surface area contributed by atoms with E-state index in [9.17, 15) is 4.39 Å². The van der Waals surface area contributed by atoms with E-state index in [4.69, 9.17) is 38.1 Å². The summed E-state index contributed by atoms with van der Waals surface area (Å²) >= 11 is 3.46. The average Bonchev–Trinajstić information content (AvgIpc) is 3.85. The molecule has 0 atom stereocenters. The molecular weight excluding hydrogens is 776 g/mol. The second kappa shape index (κ2) is 15.2. The van der Waals surface area contributed by atoms with Crippen LogP contribution in [-0.4, -0.2) is 61.9 Å². The summed E-state index contributed by atoms with van der Waals surface area (Å²) in [5.74, 6) is 0. The van der Waals surface area contributed by atoms with Crippen LogP contribution in [0.5, 0.6) is 0 Å². The van der Waals surface area contributed by atoms with Crippen LogP contribution >= 0.6 is 15.9 Å². The number of fused-ring (bicyclic) bond motifs is 6. The minimum atomic E-state index is -1.00. The van der Waals surface area contributed by atoms with Crippen LogP contribution in [0.3, 0.4) is 0 Å². The van der Waals surface area contributed by atoms with Gasteiger partial charge in [0, 0.05) is 26.0 Å². The predicted octanol–water partition coefficient (Wildman–Crippen LogP) is 11.1. The molecule has 9 rings (SSSR count). The Labute approximate surface area is 341 Å². The van der Waals surface area contributed by atoms with Crippen molar-refractivity contribution in [3.63, 3.8) is 0 Å². The molecule has 3 fully saturated rings. The molecule has 3 saturated heterocycles. The van der Waals surface area contributed by atoms with E-state index in [1.165, 1.54) is 5.39 Å². The third-order valence-electron chi connectivity index (χ3n) is 12.0. The van der Waals surface area contributed by atoms with Gasteiger partial charge < -0.3 is 36.8 Å². The van der Waals surface area contributed by atoms with Crippen molar-refractivity contribution < 1.29 is 42.5 Å². The fourth-order valence-electron chi connectivity index (χ4n) is 6.57. The monoisotopic (exact) mass is 829 g/mol. The Morgan fingerprint density at radius 3 is 1.23 bits per heavy atom. The lowest BCUT2D eigenvalue weighted by Crippen LogP contribution is -2.41. The lowest BCUT2D eigenvalue weighted by atomic mass is 9.49. The van der Waals surface area contributed by atoms with Gasteiger partial charge in [-0.05, 0) is 125 Å². The Bertz CT molecular complexity index is 2280. The molecule has 0 spiro atoms. The molecule has 0 saturated carbocycles. The van der Waals surface area contributed by atoms with Crippen LogP contribution in [0.25, 0.3) is 43.9 Å². The maximum atomic E-state index is 9.96. The van der Waals surface area contributed by atoms with Crippen molar-refractivity contribution in [1.82, 2.24) is 0 Å². The maximum Gasteiger partial charge on any atom is 0.494 e. The highest BCUT2D eigenvalue weighted by Gasteiger charge is 2.63. The van der Waals surface area contributed by atoms with E-state index in [0.717, 1.165) is 48.4 Å². The minimum absolute atomic E-state index is 0.328. The largest absolute Gasteiger partial charge is 0.494 e. The Morgan fingerprint density at radius 2 is 0.804 bits per heavy atom. The van der Waals surface area contributed by atoms with E-state index in [1.54, 1.807) is 0 Å². The van der Waals surface area contributed by atoms with Gasteiger partial charge in [0.15, 0.2) is 0 Å². The third-order valence-corrected chi connectivity index (χ3v) is 12.5. The number of furan rings is 2. The van der Waals surface area contributed by atoms with Crippen LogP contribution in [0.4, 0.5) is 4.39 Å². The summed E-state index contributed by atoms with van der Waals surface area (Å²) in [5.41, 5.74) is 2.61. The molecule has 6 aromatic rings. The molecule has 3 aliphatic rings. The first-order chi connectivity index (χ1) is 26.5. The number of alkyl halides is 1. The van der Waals surface area contributed by atoms with E-state index in [2.05, 4.69) is 67.9 Å². The fraction of sp³-hybridized carbons (Fsp3) is 0.442. The Morgan fingerprint density at radius 1 is 0.464 bits per heavy atom. The SMILES string of the molecule is Brc1ccc2oc3ccccc3c2c1.CC1(C)OB(B2OC(C)(C)C(C)(C)O2)OC1(C)C.CC1(C)OB(c2ccc3oc4ccccc4c3c2)OC1(C)C.[2H]CF. The van der Waals surface area contributed by atoms with Crippen molar-refractivity contribution in [3.8, 4) is 0 Å². The zero-order valence-corrected chi connectivity index (χ0v) is 36.1. The molecule has 0 radical (unpaired) electrons. The standard InChI is InChI=1S/C18H19BO3.C12H24B2O4.C12H7BrO.CH3F/c1-17(2)18(3,4)22-19(21-17)12-9-10-16-14(11-12)13-7-5-6-8-15(13)20-16;1-9(2)10(3,4)16-13(15-9)14-17-11(5,6)12(7,8)18-14;13-8-5-6-12-10(7-8)9-3-1-2-4-11(9)14-12;1-2/h5-11H,1-4H3;1-8H3;1-7H;1H3/i;;;1D. The Balaban J connectivity index is 0.000000143. The lowest BCUT2D eigenvalue weighted by Gasteiger charge is -2.32. The van der Waals surface area contributed by atoms with Crippen LogP contribution < -0.4 is 5.46 Å². The van der Waals surface area contributed by atoms with Crippen molar-refractivity contribution in [2.75, 3.05) is 7.15 Å². The predicted molar refractivity (Wildman–Crippen MR) is 230 cm³/mol. The smallest absolute Gasteiger partial charge is 0.456 e. The number of para-hydroxylation sites is 2. The quantitative estimate of drug-likeness (QED) is 0.160. The molecule has 13 heteroatoms. The molecule has 3 aliphatic heterocycles. The number of halogens is 2. The van der Waals surface area contributed by atoms with Crippen LogP contribution in [0.2, 0.25) is 0 Å². The number of hydrogen-bond donors (Lipinski definition) is 0. The minimum Gasteiger partial charge on any atom is -0.456 e. The fourth-order valence-corrected chi connectivity index (χ4v) is 6.93. The zero-order chi connectivity index (χ0) is 41.8. The number of benzene rings is 4. The molecular formula is C43H53B3BrFO8. The van der Waals surface area contributed by atoms with E-state index < -0.39 is 21.2 Å². The van der Waals surface area contributed by atoms with Crippen molar-refractivity contribution >= 4 is 86.4 Å². The van der Waals surface area contributed by atoms with Gasteiger partial charge in [-0.2, -0.15) is 0 Å². The molecule has 56 heavy (non-hydrogen) atoms. The van der Waals surface area contributed by atoms with Gasteiger partial charge in [0.05, 0.1) is 42.1 Å². The summed E-state index contributed by atoms with van der Waals surface area (Å²) in [4.78, 5) is 0. The highest BCUT2D eigenvalue weighted by atomic mass is 79.9. The first-order valence-corrected chi connectivity index (χ1v) is 19.7. The molecule has 5 heterocycles. The Kier molecular flexibility index (Phi) is 11.1. The molecule has 0 amide bonds. The van der Waals surface area contributed by atoms with Crippen molar-refractivity contribution in [2.24, 2.45) is 0 Å². The van der Waals surface area contributed by atoms with Crippen molar-refractivity contribution in [1.29, 1.82) is 0 Å². The normalized spacial score (nSPS) is 21.3. The number of hydrogen-bond acceptors (Lipinski definition) is 8. The summed E-state index contributed by atoms with van der Waals surface area (Å²) in [6, 6.07) is 28.4. The van der Waals surface area contributed by atoms with Gasteiger partial charge in [-0.15, -0.1) is 0 Å². The molecule has 0 aliphatic carbocycles. The molecule has 296 valence electrons. The second-order valence-electron chi connectivity index (χ2n) is 17.4. The maximum absolute atomic E-state index is 9.96. The van der Waals surface area contributed by atoms with Gasteiger partial charge in [-0.3, -0.25) is 4.39 Å². The average molecular weight is 830 g/mol. The molecule has 0 unspecified atom stereocenters. The Hall–Kier alpha value is -3.16. The first-order valence-electron chi connectivity index (χ1n) is 19.6. The van der Waals surface area contributed by atoms with Gasteiger partial charge in [0.2, 0.25) is 0 Å². The lowest BCUT2D eigenvalue weighted by molar-refractivity contribution is 0.00578. The van der Waals surface area contributed by atoms with Crippen LogP contribution in [0.15, 0.2) is 98.2 Å². The highest BCUT2D eigenvalue weighted by molar-refractivity contribution is 9.10. The summed E-state index contributed by atoms with van der Waals surface area (Å²) in [6.07, 6.45) is 0. The van der Waals surface area contributed by atoms with E-state index in [-0.39, 0.29) is 40.7 Å². The second-order valence-corrected chi connectivity index (χ2v) is 18.3. The summed E-state index contributed by atoms with van der Waals surface area (Å²) in [6.45, 7) is 24.5. The summed E-state index contributed by atoms with van der Waals surface area (Å²) in [5, 5.41) is 4.55. The topological polar surface area (TPSA) is 81.7 Å². The summed E-state index contributed by atoms with van der Waals surface area (Å²) in [7, 11) is -2.30. The van der Waals surface area contributed by atoms with Crippen molar-refractivity contribution in [2.45, 2.75) is 117 Å². The summed E-state index contributed by atoms with van der Waals surface area (Å²) < 4.78 is 64.3. The van der Waals surface area contributed by atoms with Crippen LogP contribution in [0, 0.1) is 0 Å². The first kappa shape index (κ1) is 41.0. The molecule has 0 N–H and O–H groups in total. The molecule has 8 nitrogen and oxygen atoms in total. The van der Waals surface area contributed by atoms with E-state index in [0.29, 0.717) is 0 Å². The van der Waals surface area contributed by atoms with Crippen molar-refractivity contribution in [3.05, 3.63) is 89.4 Å². The van der Waals surface area contributed by atoms with Gasteiger partial charge in [-0.25, -0.2) is 0 Å². The molecule has 0 bridgehead atoms. The molecule has 4 aromatic carbocycles.